The third-order valence-electron chi connectivity index (χ3n) is 7.31. The summed E-state index contributed by atoms with van der Waals surface area (Å²) in [5, 5.41) is 10.7. The van der Waals surface area contributed by atoms with Gasteiger partial charge in [-0.15, -0.1) is 0 Å². The minimum absolute atomic E-state index is 0.0959. The Hall–Kier alpha value is -1.60. The van der Waals surface area contributed by atoms with Crippen molar-refractivity contribution in [3.8, 4) is 0 Å². The molecule has 1 saturated heterocycles. The maximum Gasteiger partial charge on any atom is 0.391 e. The SMILES string of the molecule is O=C(C1CCCCC1)N1CCCc2cc(C(O)CN3CCC(C(F)(F)F)CC3)ccc21. The van der Waals surface area contributed by atoms with Crippen LogP contribution in [-0.4, -0.2) is 48.3 Å². The number of hydrogen-bond donors (Lipinski definition) is 1. The second kappa shape index (κ2) is 9.49. The number of carbonyl (C=O) groups is 1. The highest BCUT2D eigenvalue weighted by molar-refractivity contribution is 5.96. The van der Waals surface area contributed by atoms with Crippen LogP contribution < -0.4 is 4.90 Å². The number of benzene rings is 1. The Balaban J connectivity index is 1.39. The molecule has 172 valence electrons. The number of likely N-dealkylation sites (tertiary alicyclic amines) is 1. The largest absolute Gasteiger partial charge is 0.391 e. The fraction of sp³-hybridized carbons (Fsp3) is 0.708. The van der Waals surface area contributed by atoms with Crippen LogP contribution in [0.25, 0.3) is 0 Å². The van der Waals surface area contributed by atoms with Gasteiger partial charge in [-0.1, -0.05) is 31.4 Å². The van der Waals surface area contributed by atoms with Crippen molar-refractivity contribution in [2.75, 3.05) is 31.1 Å². The number of rotatable bonds is 4. The number of aliphatic hydroxyl groups excluding tert-OH is 1. The van der Waals surface area contributed by atoms with Crippen LogP contribution in [-0.2, 0) is 11.2 Å². The summed E-state index contributed by atoms with van der Waals surface area (Å²) in [5.41, 5.74) is 2.83. The van der Waals surface area contributed by atoms with Gasteiger partial charge in [-0.3, -0.25) is 4.79 Å². The summed E-state index contributed by atoms with van der Waals surface area (Å²) < 4.78 is 38.6. The van der Waals surface area contributed by atoms with Gasteiger partial charge in [0.15, 0.2) is 0 Å². The fourth-order valence-corrected chi connectivity index (χ4v) is 5.42. The van der Waals surface area contributed by atoms with Gasteiger partial charge in [0.2, 0.25) is 5.91 Å². The van der Waals surface area contributed by atoms with Gasteiger partial charge in [0, 0.05) is 24.7 Å². The Morgan fingerprint density at radius 3 is 2.42 bits per heavy atom. The molecule has 31 heavy (non-hydrogen) atoms. The first-order chi connectivity index (χ1) is 14.8. The minimum atomic E-state index is -4.12. The molecule has 1 aliphatic carbocycles. The van der Waals surface area contributed by atoms with E-state index in [4.69, 9.17) is 0 Å². The summed E-state index contributed by atoms with van der Waals surface area (Å²) in [7, 11) is 0. The molecule has 0 radical (unpaired) electrons. The van der Waals surface area contributed by atoms with Gasteiger partial charge < -0.3 is 14.9 Å². The van der Waals surface area contributed by atoms with E-state index in [1.807, 2.05) is 28.0 Å². The number of anilines is 1. The summed E-state index contributed by atoms with van der Waals surface area (Å²) in [4.78, 5) is 16.9. The first-order valence-electron chi connectivity index (χ1n) is 11.7. The molecule has 2 fully saturated rings. The van der Waals surface area contributed by atoms with Crippen molar-refractivity contribution in [2.45, 2.75) is 70.1 Å². The number of piperidine rings is 1. The van der Waals surface area contributed by atoms with Crippen molar-refractivity contribution >= 4 is 11.6 Å². The molecule has 1 aromatic rings. The molecule has 0 spiro atoms. The Labute approximate surface area is 182 Å². The van der Waals surface area contributed by atoms with Crippen molar-refractivity contribution in [2.24, 2.45) is 11.8 Å². The van der Waals surface area contributed by atoms with Crippen LogP contribution in [0.3, 0.4) is 0 Å². The minimum Gasteiger partial charge on any atom is -0.387 e. The highest BCUT2D eigenvalue weighted by Crippen LogP contribution is 2.36. The highest BCUT2D eigenvalue weighted by Gasteiger charge is 2.41. The molecular formula is C24H33F3N2O2. The van der Waals surface area contributed by atoms with E-state index >= 15 is 0 Å². The van der Waals surface area contributed by atoms with E-state index in [2.05, 4.69) is 0 Å². The fourth-order valence-electron chi connectivity index (χ4n) is 5.42. The molecule has 7 heteroatoms. The molecule has 4 nitrogen and oxygen atoms in total. The Bertz CT molecular complexity index is 769. The van der Waals surface area contributed by atoms with Crippen LogP contribution in [0.2, 0.25) is 0 Å². The first kappa shape index (κ1) is 22.6. The number of amides is 1. The molecule has 1 atom stereocenters. The Morgan fingerprint density at radius 2 is 1.74 bits per heavy atom. The van der Waals surface area contributed by atoms with E-state index in [9.17, 15) is 23.1 Å². The zero-order valence-corrected chi connectivity index (χ0v) is 18.0. The summed E-state index contributed by atoms with van der Waals surface area (Å²) in [5.74, 6) is -0.858. The third-order valence-corrected chi connectivity index (χ3v) is 7.31. The first-order valence-corrected chi connectivity index (χ1v) is 11.7. The molecule has 1 saturated carbocycles. The molecule has 1 unspecified atom stereocenters. The number of hydrogen-bond acceptors (Lipinski definition) is 3. The lowest BCUT2D eigenvalue weighted by Crippen LogP contribution is -2.41. The zero-order valence-electron chi connectivity index (χ0n) is 18.0. The van der Waals surface area contributed by atoms with E-state index in [1.165, 1.54) is 6.42 Å². The number of β-amino-alcohol motifs (C(OH)–C–C–N with tert-alkyl or cyclic N) is 1. The van der Waals surface area contributed by atoms with E-state index in [0.29, 0.717) is 19.6 Å². The number of carbonyl (C=O) groups excluding carboxylic acids is 1. The van der Waals surface area contributed by atoms with Crippen LogP contribution in [0, 0.1) is 11.8 Å². The van der Waals surface area contributed by atoms with Crippen LogP contribution in [0.5, 0.6) is 0 Å². The monoisotopic (exact) mass is 438 g/mol. The number of fused-ring (bicyclic) bond motifs is 1. The van der Waals surface area contributed by atoms with E-state index in [-0.39, 0.29) is 24.7 Å². The smallest absolute Gasteiger partial charge is 0.387 e. The molecule has 0 bridgehead atoms. The van der Waals surface area contributed by atoms with Crippen LogP contribution in [0.4, 0.5) is 18.9 Å². The van der Waals surface area contributed by atoms with Crippen molar-refractivity contribution in [3.63, 3.8) is 0 Å². The van der Waals surface area contributed by atoms with Crippen LogP contribution >= 0.6 is 0 Å². The zero-order chi connectivity index (χ0) is 22.0. The van der Waals surface area contributed by atoms with Gasteiger partial charge in [-0.2, -0.15) is 13.2 Å². The lowest BCUT2D eigenvalue weighted by atomic mass is 9.87. The number of nitrogens with zero attached hydrogens (tertiary/aromatic N) is 2. The maximum absolute atomic E-state index is 13.1. The molecule has 4 rings (SSSR count). The predicted molar refractivity (Wildman–Crippen MR) is 114 cm³/mol. The van der Waals surface area contributed by atoms with Gasteiger partial charge in [-0.25, -0.2) is 0 Å². The lowest BCUT2D eigenvalue weighted by molar-refractivity contribution is -0.185. The molecule has 1 aromatic carbocycles. The molecule has 2 heterocycles. The van der Waals surface area contributed by atoms with E-state index in [1.54, 1.807) is 0 Å². The third kappa shape index (κ3) is 5.25. The molecule has 0 aromatic heterocycles. The molecular weight excluding hydrogens is 405 g/mol. The number of halogens is 3. The quantitative estimate of drug-likeness (QED) is 0.731. The van der Waals surface area contributed by atoms with Gasteiger partial charge >= 0.3 is 6.18 Å². The second-order valence-corrected chi connectivity index (χ2v) is 9.45. The van der Waals surface area contributed by atoms with E-state index in [0.717, 1.165) is 61.9 Å². The molecule has 3 aliphatic rings. The maximum atomic E-state index is 13.1. The normalized spacial score (nSPS) is 22.9. The molecule has 1 amide bonds. The van der Waals surface area contributed by atoms with Crippen molar-refractivity contribution < 1.29 is 23.1 Å². The van der Waals surface area contributed by atoms with Crippen molar-refractivity contribution in [3.05, 3.63) is 29.3 Å². The number of aryl methyl sites for hydroxylation is 1. The Kier molecular flexibility index (Phi) is 6.92. The standard InChI is InChI=1S/C24H33F3N2O2/c25-24(26,27)20-10-13-28(14-11-20)16-22(30)19-8-9-21-18(15-19)7-4-12-29(21)23(31)17-5-2-1-3-6-17/h8-9,15,17,20,22,30H,1-7,10-14,16H2. The van der Waals surface area contributed by atoms with Gasteiger partial charge in [0.25, 0.3) is 0 Å². The van der Waals surface area contributed by atoms with Gasteiger partial charge in [0.05, 0.1) is 12.0 Å². The van der Waals surface area contributed by atoms with Gasteiger partial charge in [0.1, 0.15) is 0 Å². The van der Waals surface area contributed by atoms with Crippen LogP contribution in [0.1, 0.15) is 68.6 Å². The lowest BCUT2D eigenvalue weighted by Gasteiger charge is -2.35. The molecule has 1 N–H and O–H groups in total. The number of alkyl halides is 3. The summed E-state index contributed by atoms with van der Waals surface area (Å²) in [6.07, 6.45) is 2.55. The average Bonchev–Trinajstić information content (AvgIpc) is 2.78. The highest BCUT2D eigenvalue weighted by atomic mass is 19.4. The van der Waals surface area contributed by atoms with Crippen molar-refractivity contribution in [1.82, 2.24) is 4.90 Å². The topological polar surface area (TPSA) is 43.8 Å². The summed E-state index contributed by atoms with van der Waals surface area (Å²) >= 11 is 0. The van der Waals surface area contributed by atoms with Crippen LogP contribution in [0.15, 0.2) is 18.2 Å². The van der Waals surface area contributed by atoms with Crippen molar-refractivity contribution in [1.29, 1.82) is 0 Å². The number of aliphatic hydroxyl groups is 1. The summed E-state index contributed by atoms with van der Waals surface area (Å²) in [6, 6.07) is 5.81. The summed E-state index contributed by atoms with van der Waals surface area (Å²) in [6.45, 7) is 1.80. The average molecular weight is 439 g/mol. The van der Waals surface area contributed by atoms with Gasteiger partial charge in [-0.05, 0) is 68.8 Å². The predicted octanol–water partition coefficient (Wildman–Crippen LogP) is 4.85. The molecule has 2 aliphatic heterocycles. The Morgan fingerprint density at radius 1 is 1.03 bits per heavy atom. The van der Waals surface area contributed by atoms with E-state index < -0.39 is 18.2 Å². The second-order valence-electron chi connectivity index (χ2n) is 9.45.